The zero-order chi connectivity index (χ0) is 25.1. The van der Waals surface area contributed by atoms with Crippen molar-refractivity contribution in [2.75, 3.05) is 25.1 Å². The molecule has 1 aliphatic heterocycles. The first-order valence-electron chi connectivity index (χ1n) is 11.6. The number of imide groups is 1. The van der Waals surface area contributed by atoms with Crippen LogP contribution >= 0.6 is 0 Å². The van der Waals surface area contributed by atoms with Gasteiger partial charge in [0.2, 0.25) is 0 Å². The second kappa shape index (κ2) is 9.88. The van der Waals surface area contributed by atoms with Gasteiger partial charge in [0.05, 0.1) is 18.2 Å². The van der Waals surface area contributed by atoms with Crippen LogP contribution in [0, 0.1) is 0 Å². The summed E-state index contributed by atoms with van der Waals surface area (Å²) in [6.07, 6.45) is 0. The van der Waals surface area contributed by atoms with Gasteiger partial charge in [-0.05, 0) is 59.7 Å². The van der Waals surface area contributed by atoms with Gasteiger partial charge >= 0.3 is 0 Å². The van der Waals surface area contributed by atoms with Crippen LogP contribution in [0.1, 0.15) is 31.1 Å². The van der Waals surface area contributed by atoms with E-state index in [1.165, 1.54) is 4.90 Å². The minimum Gasteiger partial charge on any atom is -0.497 e. The molecule has 0 saturated carbocycles. The molecule has 1 heterocycles. The highest BCUT2D eigenvalue weighted by molar-refractivity contribution is 6.21. The third-order valence-electron chi connectivity index (χ3n) is 6.29. The summed E-state index contributed by atoms with van der Waals surface area (Å²) in [6.45, 7) is 0.225. The number of hydrogen-bond acceptors (Lipinski definition) is 4. The van der Waals surface area contributed by atoms with Crippen molar-refractivity contribution < 1.29 is 19.1 Å². The minimum atomic E-state index is -0.343. The molecule has 0 fully saturated rings. The lowest BCUT2D eigenvalue weighted by Gasteiger charge is -2.25. The second-order valence-corrected chi connectivity index (χ2v) is 8.41. The monoisotopic (exact) mass is 476 g/mol. The number of rotatable bonds is 7. The van der Waals surface area contributed by atoms with Crippen molar-refractivity contribution >= 4 is 23.4 Å². The Labute approximate surface area is 209 Å². The number of benzene rings is 4. The Balaban J connectivity index is 1.40. The summed E-state index contributed by atoms with van der Waals surface area (Å²) in [6, 6.07) is 31.3. The summed E-state index contributed by atoms with van der Waals surface area (Å²) in [5.74, 6) is -0.245. The van der Waals surface area contributed by atoms with E-state index in [4.69, 9.17) is 4.74 Å². The number of nitrogens with zero attached hydrogens (tertiary/aromatic N) is 2. The predicted octanol–water partition coefficient (Wildman–Crippen LogP) is 5.31. The maximum Gasteiger partial charge on any atom is 0.261 e. The van der Waals surface area contributed by atoms with Gasteiger partial charge in [0.15, 0.2) is 0 Å². The molecule has 4 aromatic carbocycles. The van der Waals surface area contributed by atoms with Gasteiger partial charge in [0.25, 0.3) is 17.7 Å². The molecule has 178 valence electrons. The predicted molar refractivity (Wildman–Crippen MR) is 138 cm³/mol. The Morgan fingerprint density at radius 1 is 0.722 bits per heavy atom. The first kappa shape index (κ1) is 23.1. The van der Waals surface area contributed by atoms with Crippen molar-refractivity contribution in [2.45, 2.75) is 0 Å². The summed E-state index contributed by atoms with van der Waals surface area (Å²) in [7, 11) is 1.58. The number of carbonyl (C=O) groups is 3. The highest BCUT2D eigenvalue weighted by atomic mass is 16.5. The van der Waals surface area contributed by atoms with E-state index in [9.17, 15) is 14.4 Å². The molecule has 0 saturated heterocycles. The highest BCUT2D eigenvalue weighted by Crippen LogP contribution is 2.26. The smallest absolute Gasteiger partial charge is 0.261 e. The summed E-state index contributed by atoms with van der Waals surface area (Å²) in [5, 5.41) is 0. The van der Waals surface area contributed by atoms with Gasteiger partial charge < -0.3 is 9.64 Å². The van der Waals surface area contributed by atoms with Crippen LogP contribution in [0.25, 0.3) is 11.1 Å². The number of ether oxygens (including phenoxy) is 1. The number of amides is 3. The SMILES string of the molecule is COc1ccc(N(CCN2C(=O)c3ccccc3C2=O)C(=O)c2ccc(-c3ccccc3)cc2)cc1. The standard InChI is InChI=1S/C30H24N2O4/c1-36-25-17-15-24(16-18-25)31(19-20-32-29(34)26-9-5-6-10-27(26)30(32)35)28(33)23-13-11-22(12-14-23)21-7-3-2-4-8-21/h2-18H,19-20H2,1H3. The van der Waals surface area contributed by atoms with E-state index in [1.54, 1.807) is 72.7 Å². The Kier molecular flexibility index (Phi) is 6.33. The minimum absolute atomic E-state index is 0.0756. The molecule has 1 aliphatic rings. The van der Waals surface area contributed by atoms with E-state index in [1.807, 2.05) is 42.5 Å². The van der Waals surface area contributed by atoms with Gasteiger partial charge in [-0.25, -0.2) is 0 Å². The van der Waals surface area contributed by atoms with Crippen LogP contribution in [0.3, 0.4) is 0 Å². The summed E-state index contributed by atoms with van der Waals surface area (Å²) >= 11 is 0. The Morgan fingerprint density at radius 3 is 1.86 bits per heavy atom. The molecule has 6 nitrogen and oxygen atoms in total. The molecular weight excluding hydrogens is 452 g/mol. The number of methoxy groups -OCH3 is 1. The summed E-state index contributed by atoms with van der Waals surface area (Å²) in [4.78, 5) is 42.1. The third-order valence-corrected chi connectivity index (χ3v) is 6.29. The number of anilines is 1. The van der Waals surface area contributed by atoms with E-state index in [0.29, 0.717) is 28.1 Å². The molecule has 0 unspecified atom stereocenters. The molecule has 0 aliphatic carbocycles. The fourth-order valence-electron chi connectivity index (χ4n) is 4.34. The van der Waals surface area contributed by atoms with Crippen LogP contribution in [0.4, 0.5) is 5.69 Å². The lowest BCUT2D eigenvalue weighted by atomic mass is 10.0. The quantitative estimate of drug-likeness (QED) is 0.339. The molecule has 5 rings (SSSR count). The summed E-state index contributed by atoms with van der Waals surface area (Å²) < 4.78 is 5.25. The molecular formula is C30H24N2O4. The normalized spacial score (nSPS) is 12.4. The Bertz CT molecular complexity index is 1380. The molecule has 0 radical (unpaired) electrons. The van der Waals surface area contributed by atoms with Crippen LogP contribution < -0.4 is 9.64 Å². The fourth-order valence-corrected chi connectivity index (χ4v) is 4.34. The zero-order valence-electron chi connectivity index (χ0n) is 19.8. The maximum atomic E-state index is 13.6. The van der Waals surface area contributed by atoms with E-state index < -0.39 is 0 Å². The molecule has 36 heavy (non-hydrogen) atoms. The van der Waals surface area contributed by atoms with Gasteiger partial charge in [-0.15, -0.1) is 0 Å². The van der Waals surface area contributed by atoms with Crippen LogP contribution in [0.2, 0.25) is 0 Å². The number of hydrogen-bond donors (Lipinski definition) is 0. The first-order chi connectivity index (χ1) is 17.6. The van der Waals surface area contributed by atoms with E-state index in [0.717, 1.165) is 11.1 Å². The van der Waals surface area contributed by atoms with Crippen molar-refractivity contribution in [2.24, 2.45) is 0 Å². The van der Waals surface area contributed by atoms with Crippen molar-refractivity contribution in [3.8, 4) is 16.9 Å². The molecule has 4 aromatic rings. The Hall–Kier alpha value is -4.71. The fraction of sp³-hybridized carbons (Fsp3) is 0.100. The van der Waals surface area contributed by atoms with E-state index >= 15 is 0 Å². The average Bonchev–Trinajstić information content (AvgIpc) is 3.19. The number of carbonyl (C=O) groups excluding carboxylic acids is 3. The van der Waals surface area contributed by atoms with Crippen molar-refractivity contribution in [3.05, 3.63) is 120 Å². The van der Waals surface area contributed by atoms with Crippen LogP contribution in [-0.2, 0) is 0 Å². The lowest BCUT2D eigenvalue weighted by Crippen LogP contribution is -2.41. The lowest BCUT2D eigenvalue weighted by molar-refractivity contribution is 0.0654. The van der Waals surface area contributed by atoms with Gasteiger partial charge in [-0.3, -0.25) is 19.3 Å². The topological polar surface area (TPSA) is 66.9 Å². The van der Waals surface area contributed by atoms with E-state index in [-0.39, 0.29) is 30.8 Å². The maximum absolute atomic E-state index is 13.6. The average molecular weight is 477 g/mol. The summed E-state index contributed by atoms with van der Waals surface area (Å²) in [5.41, 5.74) is 4.00. The Morgan fingerprint density at radius 2 is 1.28 bits per heavy atom. The molecule has 0 aromatic heterocycles. The van der Waals surface area contributed by atoms with Crippen molar-refractivity contribution in [1.82, 2.24) is 4.90 Å². The molecule has 0 spiro atoms. The van der Waals surface area contributed by atoms with Gasteiger partial charge in [-0.1, -0.05) is 54.6 Å². The molecule has 0 N–H and O–H groups in total. The second-order valence-electron chi connectivity index (χ2n) is 8.41. The van der Waals surface area contributed by atoms with Gasteiger partial charge in [0.1, 0.15) is 5.75 Å². The van der Waals surface area contributed by atoms with E-state index in [2.05, 4.69) is 0 Å². The molecule has 0 bridgehead atoms. The van der Waals surface area contributed by atoms with Crippen LogP contribution in [0.15, 0.2) is 103 Å². The largest absolute Gasteiger partial charge is 0.497 e. The van der Waals surface area contributed by atoms with Crippen LogP contribution in [-0.4, -0.2) is 42.8 Å². The van der Waals surface area contributed by atoms with Gasteiger partial charge in [-0.2, -0.15) is 0 Å². The third kappa shape index (κ3) is 4.36. The molecule has 3 amide bonds. The molecule has 6 heteroatoms. The zero-order valence-corrected chi connectivity index (χ0v) is 19.8. The van der Waals surface area contributed by atoms with Crippen molar-refractivity contribution in [1.29, 1.82) is 0 Å². The van der Waals surface area contributed by atoms with Gasteiger partial charge in [0, 0.05) is 24.3 Å². The first-order valence-corrected chi connectivity index (χ1v) is 11.6. The highest BCUT2D eigenvalue weighted by Gasteiger charge is 2.35. The molecule has 0 atom stereocenters. The van der Waals surface area contributed by atoms with Crippen molar-refractivity contribution in [3.63, 3.8) is 0 Å². The van der Waals surface area contributed by atoms with Crippen LogP contribution in [0.5, 0.6) is 5.75 Å². The number of fused-ring (bicyclic) bond motifs is 1.